The van der Waals surface area contributed by atoms with Gasteiger partial charge in [-0.3, -0.25) is 14.4 Å². The normalized spacial score (nSPS) is 36.9. The monoisotopic (exact) mass is 461 g/mol. The van der Waals surface area contributed by atoms with E-state index in [2.05, 4.69) is 6.08 Å². The molecule has 4 rings (SSSR count). The smallest absolute Gasteiger partial charge is 0.247 e. The Morgan fingerprint density at radius 1 is 1.03 bits per heavy atom. The molecule has 4 aliphatic heterocycles. The van der Waals surface area contributed by atoms with Crippen molar-refractivity contribution in [3.05, 3.63) is 24.3 Å². The molecule has 7 nitrogen and oxygen atoms in total. The van der Waals surface area contributed by atoms with Gasteiger partial charge >= 0.3 is 0 Å². The summed E-state index contributed by atoms with van der Waals surface area (Å²) in [4.78, 5) is 46.8. The molecule has 4 heterocycles. The quantitative estimate of drug-likeness (QED) is 0.644. The summed E-state index contributed by atoms with van der Waals surface area (Å²) < 4.78 is -1.41. The fourth-order valence-electron chi connectivity index (χ4n) is 5.99. The highest BCUT2D eigenvalue weighted by molar-refractivity contribution is 8.02. The Bertz CT molecular complexity index is 881. The van der Waals surface area contributed by atoms with Crippen molar-refractivity contribution in [1.29, 1.82) is 0 Å². The Hall–Kier alpha value is -1.80. The van der Waals surface area contributed by atoms with Gasteiger partial charge in [-0.05, 0) is 34.1 Å². The lowest BCUT2D eigenvalue weighted by Crippen LogP contribution is -2.57. The zero-order valence-electron chi connectivity index (χ0n) is 19.7. The molecular formula is C24H35N3O4S. The van der Waals surface area contributed by atoms with Gasteiger partial charge in [0.15, 0.2) is 0 Å². The zero-order chi connectivity index (χ0) is 23.5. The molecule has 32 heavy (non-hydrogen) atoms. The highest BCUT2D eigenvalue weighted by Gasteiger charge is 2.74. The van der Waals surface area contributed by atoms with E-state index in [-0.39, 0.29) is 30.9 Å². The molecule has 0 bridgehead atoms. The molecule has 1 spiro atoms. The van der Waals surface area contributed by atoms with Gasteiger partial charge in [0.2, 0.25) is 17.7 Å². The summed E-state index contributed by atoms with van der Waals surface area (Å²) in [6.45, 7) is 11.6. The zero-order valence-corrected chi connectivity index (χ0v) is 20.5. The van der Waals surface area contributed by atoms with Gasteiger partial charge in [0, 0.05) is 36.5 Å². The van der Waals surface area contributed by atoms with Crippen LogP contribution in [0.2, 0.25) is 0 Å². The average Bonchev–Trinajstić information content (AvgIpc) is 2.95. The lowest BCUT2D eigenvalue weighted by atomic mass is 9.74. The summed E-state index contributed by atoms with van der Waals surface area (Å²) in [5, 5.41) is 9.74. The van der Waals surface area contributed by atoms with Crippen LogP contribution in [0.15, 0.2) is 24.3 Å². The molecule has 0 aliphatic carbocycles. The Morgan fingerprint density at radius 2 is 1.72 bits per heavy atom. The molecule has 8 heteroatoms. The summed E-state index contributed by atoms with van der Waals surface area (Å²) in [5.74, 6) is -1.50. The predicted molar refractivity (Wildman–Crippen MR) is 125 cm³/mol. The van der Waals surface area contributed by atoms with Crippen LogP contribution in [0, 0.1) is 11.8 Å². The maximum atomic E-state index is 14.0. The van der Waals surface area contributed by atoms with E-state index < -0.39 is 32.9 Å². The fraction of sp³-hybridized carbons (Fsp3) is 0.708. The van der Waals surface area contributed by atoms with Crippen molar-refractivity contribution < 1.29 is 19.5 Å². The lowest BCUT2D eigenvalue weighted by Gasteiger charge is -2.40. The first kappa shape index (κ1) is 23.4. The third-order valence-corrected chi connectivity index (χ3v) is 9.08. The van der Waals surface area contributed by atoms with Crippen molar-refractivity contribution in [1.82, 2.24) is 14.7 Å². The van der Waals surface area contributed by atoms with Crippen LogP contribution in [0.4, 0.5) is 0 Å². The first-order valence-electron chi connectivity index (χ1n) is 11.6. The van der Waals surface area contributed by atoms with Gasteiger partial charge in [-0.25, -0.2) is 0 Å². The number of thioether (sulfide) groups is 1. The summed E-state index contributed by atoms with van der Waals surface area (Å²) in [6, 6.07) is -0.736. The second-order valence-electron chi connectivity index (χ2n) is 10.5. The summed E-state index contributed by atoms with van der Waals surface area (Å²) >= 11 is 1.59. The first-order chi connectivity index (χ1) is 15.0. The van der Waals surface area contributed by atoms with Crippen LogP contribution in [0.1, 0.15) is 41.0 Å². The third kappa shape index (κ3) is 3.24. The fourth-order valence-corrected chi connectivity index (χ4v) is 8.15. The number of likely N-dealkylation sites (tertiary alicyclic amines) is 1. The van der Waals surface area contributed by atoms with E-state index in [1.807, 2.05) is 57.7 Å². The minimum Gasteiger partial charge on any atom is -0.395 e. The number of aliphatic hydroxyl groups excluding tert-OH is 1. The molecule has 0 saturated carbocycles. The van der Waals surface area contributed by atoms with Crippen LogP contribution < -0.4 is 0 Å². The summed E-state index contributed by atoms with van der Waals surface area (Å²) in [6.07, 6.45) is 8.97. The predicted octanol–water partition coefficient (Wildman–Crippen LogP) is 1.67. The van der Waals surface area contributed by atoms with Crippen LogP contribution >= 0.6 is 11.8 Å². The topological polar surface area (TPSA) is 81.2 Å². The number of aliphatic hydroxyl groups is 1. The van der Waals surface area contributed by atoms with Crippen molar-refractivity contribution >= 4 is 29.5 Å². The lowest BCUT2D eigenvalue weighted by molar-refractivity contribution is -0.146. The number of fused-ring (bicyclic) bond motifs is 2. The van der Waals surface area contributed by atoms with Gasteiger partial charge in [0.25, 0.3) is 0 Å². The number of carbonyl (C=O) groups is 3. The number of β-amino-alcohol motifs (C(OH)–C–C–N with tert-alkyl or cyclic N) is 1. The number of hydrogen-bond acceptors (Lipinski definition) is 5. The van der Waals surface area contributed by atoms with Gasteiger partial charge in [-0.1, -0.05) is 31.2 Å². The molecule has 3 amide bonds. The van der Waals surface area contributed by atoms with Gasteiger partial charge in [-0.2, -0.15) is 0 Å². The van der Waals surface area contributed by atoms with Crippen LogP contribution in [-0.4, -0.2) is 91.4 Å². The molecule has 176 valence electrons. The summed E-state index contributed by atoms with van der Waals surface area (Å²) in [7, 11) is 0. The van der Waals surface area contributed by atoms with Gasteiger partial charge in [0.05, 0.1) is 23.2 Å². The standard InChI is InChI=1S/C24H35N3O4S/c1-6-11-25-12-7-9-23(5)16(19(25)29)17-20(30)26(14-15-28)18-21(31)27(22(2,3)4)13-8-10-24(17,18)32-23/h7-10,16-18,28H,6,11-15H2,1-5H3/t16-,17+,18?,23+,24+/m1/s1. The molecule has 1 unspecified atom stereocenters. The molecule has 5 atom stereocenters. The molecule has 4 aliphatic rings. The van der Waals surface area contributed by atoms with E-state index in [0.717, 1.165) is 6.42 Å². The van der Waals surface area contributed by atoms with Crippen LogP contribution in [0.25, 0.3) is 0 Å². The van der Waals surface area contributed by atoms with Crippen LogP contribution in [0.3, 0.4) is 0 Å². The number of nitrogens with zero attached hydrogens (tertiary/aromatic N) is 3. The SMILES string of the molecule is CCCN1CC=C[C@]2(C)S[C@]34C=CCN(C(C)(C)C)C(=O)C3N(CCO)C(=O)[C@@H]4[C@@H]2C1=O. The van der Waals surface area contributed by atoms with Crippen molar-refractivity contribution in [2.45, 2.75) is 62.1 Å². The van der Waals surface area contributed by atoms with Gasteiger partial charge < -0.3 is 19.8 Å². The Balaban J connectivity index is 1.87. The highest BCUT2D eigenvalue weighted by Crippen LogP contribution is 2.65. The van der Waals surface area contributed by atoms with E-state index in [0.29, 0.717) is 19.6 Å². The summed E-state index contributed by atoms with van der Waals surface area (Å²) in [5.41, 5.74) is -0.413. The van der Waals surface area contributed by atoms with Gasteiger partial charge in [0.1, 0.15) is 6.04 Å². The minimum atomic E-state index is -0.835. The largest absolute Gasteiger partial charge is 0.395 e. The number of carbonyl (C=O) groups excluding carboxylic acids is 3. The van der Waals surface area contributed by atoms with Crippen molar-refractivity contribution in [3.63, 3.8) is 0 Å². The molecule has 0 radical (unpaired) electrons. The third-order valence-electron chi connectivity index (χ3n) is 7.28. The van der Waals surface area contributed by atoms with Crippen molar-refractivity contribution in [3.8, 4) is 0 Å². The maximum absolute atomic E-state index is 14.0. The highest BCUT2D eigenvalue weighted by atomic mass is 32.2. The first-order valence-corrected chi connectivity index (χ1v) is 12.4. The molecule has 0 aromatic rings. The molecule has 0 aromatic carbocycles. The van der Waals surface area contributed by atoms with E-state index >= 15 is 0 Å². The Morgan fingerprint density at radius 3 is 2.34 bits per heavy atom. The van der Waals surface area contributed by atoms with E-state index in [1.165, 1.54) is 0 Å². The Kier molecular flexibility index (Phi) is 5.77. The molecule has 2 saturated heterocycles. The van der Waals surface area contributed by atoms with Crippen molar-refractivity contribution in [2.24, 2.45) is 11.8 Å². The van der Waals surface area contributed by atoms with Crippen LogP contribution in [0.5, 0.6) is 0 Å². The maximum Gasteiger partial charge on any atom is 0.247 e. The van der Waals surface area contributed by atoms with E-state index in [1.54, 1.807) is 21.6 Å². The molecular weight excluding hydrogens is 426 g/mol. The number of hydrogen-bond donors (Lipinski definition) is 1. The second kappa shape index (κ2) is 7.90. The van der Waals surface area contributed by atoms with Crippen LogP contribution in [-0.2, 0) is 14.4 Å². The Labute approximate surface area is 194 Å². The molecule has 0 aromatic heterocycles. The average molecular weight is 462 g/mol. The van der Waals surface area contributed by atoms with Gasteiger partial charge in [-0.15, -0.1) is 11.8 Å². The molecule has 1 N–H and O–H groups in total. The van der Waals surface area contributed by atoms with E-state index in [4.69, 9.17) is 0 Å². The van der Waals surface area contributed by atoms with E-state index in [9.17, 15) is 19.5 Å². The number of amides is 3. The molecule has 2 fully saturated rings. The van der Waals surface area contributed by atoms with Crippen molar-refractivity contribution in [2.75, 3.05) is 32.8 Å². The number of rotatable bonds is 4. The second-order valence-corrected chi connectivity index (χ2v) is 12.3. The minimum absolute atomic E-state index is 0.00977.